The van der Waals surface area contributed by atoms with E-state index in [9.17, 15) is 9.59 Å². The third kappa shape index (κ3) is 3.28. The van der Waals surface area contributed by atoms with E-state index in [1.165, 1.54) is 10.9 Å². The van der Waals surface area contributed by atoms with Crippen LogP contribution in [-0.4, -0.2) is 21.7 Å². The molecule has 1 atom stereocenters. The SMILES string of the molecule is CC[C@H](Cn1nc(-c2ccoc2C)oc1=O)NC(=O)C1(c2ccccc2)CC1. The largest absolute Gasteiger partial charge is 0.469 e. The van der Waals surface area contributed by atoms with E-state index in [-0.39, 0.29) is 24.4 Å². The van der Waals surface area contributed by atoms with Crippen LogP contribution < -0.4 is 11.1 Å². The first kappa shape index (κ1) is 18.3. The van der Waals surface area contributed by atoms with Crippen LogP contribution in [0, 0.1) is 6.92 Å². The van der Waals surface area contributed by atoms with Crippen molar-refractivity contribution >= 4 is 5.91 Å². The molecule has 0 spiro atoms. The molecule has 2 aromatic heterocycles. The fourth-order valence-corrected chi connectivity index (χ4v) is 3.48. The Balaban J connectivity index is 1.49. The first-order valence-corrected chi connectivity index (χ1v) is 9.52. The predicted molar refractivity (Wildman–Crippen MR) is 103 cm³/mol. The van der Waals surface area contributed by atoms with E-state index in [0.717, 1.165) is 18.4 Å². The predicted octanol–water partition coefficient (Wildman–Crippen LogP) is 3.03. The molecule has 1 saturated carbocycles. The van der Waals surface area contributed by atoms with Gasteiger partial charge in [-0.1, -0.05) is 37.3 Å². The lowest BCUT2D eigenvalue weighted by Gasteiger charge is -2.21. The Hall–Kier alpha value is -3.09. The van der Waals surface area contributed by atoms with Crippen molar-refractivity contribution in [2.24, 2.45) is 0 Å². The molecule has 1 aliphatic carbocycles. The van der Waals surface area contributed by atoms with Crippen molar-refractivity contribution in [1.29, 1.82) is 0 Å². The molecule has 1 fully saturated rings. The number of rotatable bonds is 7. The number of nitrogens with zero attached hydrogens (tertiary/aromatic N) is 2. The number of benzene rings is 1. The molecule has 1 amide bonds. The van der Waals surface area contributed by atoms with Crippen molar-refractivity contribution in [1.82, 2.24) is 15.1 Å². The van der Waals surface area contributed by atoms with Crippen LogP contribution in [0.3, 0.4) is 0 Å². The van der Waals surface area contributed by atoms with Crippen molar-refractivity contribution < 1.29 is 13.6 Å². The summed E-state index contributed by atoms with van der Waals surface area (Å²) in [6.07, 6.45) is 3.88. The molecule has 0 bridgehead atoms. The van der Waals surface area contributed by atoms with Crippen LogP contribution in [-0.2, 0) is 16.8 Å². The Labute approximate surface area is 162 Å². The number of aryl methyl sites for hydroxylation is 1. The summed E-state index contributed by atoms with van der Waals surface area (Å²) in [5.41, 5.74) is 1.25. The maximum Gasteiger partial charge on any atom is 0.437 e. The zero-order valence-electron chi connectivity index (χ0n) is 16.0. The quantitative estimate of drug-likeness (QED) is 0.679. The summed E-state index contributed by atoms with van der Waals surface area (Å²) in [4.78, 5) is 25.2. The van der Waals surface area contributed by atoms with Gasteiger partial charge in [-0.3, -0.25) is 4.79 Å². The lowest BCUT2D eigenvalue weighted by molar-refractivity contribution is -0.124. The molecular weight excluding hydrogens is 358 g/mol. The van der Waals surface area contributed by atoms with E-state index in [1.807, 2.05) is 37.3 Å². The van der Waals surface area contributed by atoms with E-state index < -0.39 is 11.2 Å². The zero-order valence-corrected chi connectivity index (χ0v) is 16.0. The van der Waals surface area contributed by atoms with Crippen LogP contribution in [0.25, 0.3) is 11.5 Å². The molecular formula is C21H23N3O4. The number of amides is 1. The maximum absolute atomic E-state index is 13.0. The van der Waals surface area contributed by atoms with Gasteiger partial charge in [0.1, 0.15) is 5.76 Å². The van der Waals surface area contributed by atoms with Gasteiger partial charge in [-0.15, -0.1) is 5.10 Å². The minimum absolute atomic E-state index is 0.00740. The number of carbonyl (C=O) groups is 1. The highest BCUT2D eigenvalue weighted by Crippen LogP contribution is 2.48. The standard InChI is InChI=1S/C21H23N3O4/c1-3-16(22-19(25)21(10-11-21)15-7-5-4-6-8-15)13-24-20(26)28-18(23-24)17-9-12-27-14(17)2/h4-9,12,16H,3,10-11,13H2,1-2H3,(H,22,25)/t16-/m1/s1. The van der Waals surface area contributed by atoms with Crippen molar-refractivity contribution in [2.45, 2.75) is 51.1 Å². The van der Waals surface area contributed by atoms with Gasteiger partial charge in [-0.25, -0.2) is 4.79 Å². The van der Waals surface area contributed by atoms with Gasteiger partial charge >= 0.3 is 5.76 Å². The molecule has 1 aliphatic rings. The van der Waals surface area contributed by atoms with E-state index >= 15 is 0 Å². The molecule has 146 valence electrons. The molecule has 7 heteroatoms. The second-order valence-electron chi connectivity index (χ2n) is 7.27. The van der Waals surface area contributed by atoms with Crippen molar-refractivity contribution in [3.8, 4) is 11.5 Å². The van der Waals surface area contributed by atoms with Gasteiger partial charge in [0.25, 0.3) is 5.89 Å². The van der Waals surface area contributed by atoms with E-state index in [4.69, 9.17) is 8.83 Å². The summed E-state index contributed by atoms with van der Waals surface area (Å²) in [7, 11) is 0. The summed E-state index contributed by atoms with van der Waals surface area (Å²) in [6.45, 7) is 4.01. The van der Waals surface area contributed by atoms with E-state index in [1.54, 1.807) is 13.0 Å². The summed E-state index contributed by atoms with van der Waals surface area (Å²) in [6, 6.07) is 11.3. The van der Waals surface area contributed by atoms with Gasteiger partial charge in [0.15, 0.2) is 0 Å². The van der Waals surface area contributed by atoms with Gasteiger partial charge < -0.3 is 14.2 Å². The molecule has 1 N–H and O–H groups in total. The Morgan fingerprint density at radius 3 is 2.64 bits per heavy atom. The molecule has 2 heterocycles. The first-order chi connectivity index (χ1) is 13.5. The van der Waals surface area contributed by atoms with Gasteiger partial charge in [-0.05, 0) is 37.8 Å². The normalized spacial score (nSPS) is 15.9. The van der Waals surface area contributed by atoms with Gasteiger partial charge in [0.2, 0.25) is 5.91 Å². The monoisotopic (exact) mass is 381 g/mol. The van der Waals surface area contributed by atoms with Crippen LogP contribution in [0.1, 0.15) is 37.5 Å². The summed E-state index contributed by atoms with van der Waals surface area (Å²) < 4.78 is 11.8. The van der Waals surface area contributed by atoms with E-state index in [2.05, 4.69) is 10.4 Å². The maximum atomic E-state index is 13.0. The highest BCUT2D eigenvalue weighted by Gasteiger charge is 2.51. The molecule has 3 aromatic rings. The lowest BCUT2D eigenvalue weighted by Crippen LogP contribution is -2.44. The number of hydrogen-bond acceptors (Lipinski definition) is 5. The molecule has 28 heavy (non-hydrogen) atoms. The molecule has 0 radical (unpaired) electrons. The molecule has 0 saturated heterocycles. The van der Waals surface area contributed by atoms with Crippen LogP contribution in [0.2, 0.25) is 0 Å². The third-order valence-electron chi connectivity index (χ3n) is 5.43. The molecule has 7 nitrogen and oxygen atoms in total. The molecule has 4 rings (SSSR count). The van der Waals surface area contributed by atoms with Crippen molar-refractivity contribution in [3.05, 3.63) is 64.5 Å². The number of nitrogens with one attached hydrogen (secondary N) is 1. The van der Waals surface area contributed by atoms with Crippen LogP contribution in [0.5, 0.6) is 0 Å². The lowest BCUT2D eigenvalue weighted by atomic mass is 9.94. The fourth-order valence-electron chi connectivity index (χ4n) is 3.48. The Morgan fingerprint density at radius 2 is 2.04 bits per heavy atom. The van der Waals surface area contributed by atoms with Crippen molar-refractivity contribution in [3.63, 3.8) is 0 Å². The smallest absolute Gasteiger partial charge is 0.437 e. The number of furan rings is 1. The minimum atomic E-state index is -0.549. The third-order valence-corrected chi connectivity index (χ3v) is 5.43. The fraction of sp³-hybridized carbons (Fsp3) is 0.381. The summed E-state index contributed by atoms with van der Waals surface area (Å²) >= 11 is 0. The second kappa shape index (κ2) is 7.14. The van der Waals surface area contributed by atoms with Gasteiger partial charge in [-0.2, -0.15) is 4.68 Å². The van der Waals surface area contributed by atoms with Crippen molar-refractivity contribution in [2.75, 3.05) is 0 Å². The minimum Gasteiger partial charge on any atom is -0.469 e. The number of carbonyl (C=O) groups excluding carboxylic acids is 1. The summed E-state index contributed by atoms with van der Waals surface area (Å²) in [5, 5.41) is 7.37. The van der Waals surface area contributed by atoms with Crippen LogP contribution in [0.15, 0.2) is 56.3 Å². The molecule has 0 aliphatic heterocycles. The highest BCUT2D eigenvalue weighted by molar-refractivity contribution is 5.91. The first-order valence-electron chi connectivity index (χ1n) is 9.52. The summed E-state index contributed by atoms with van der Waals surface area (Å²) in [5.74, 6) is 0.313. The molecule has 1 aromatic carbocycles. The topological polar surface area (TPSA) is 90.3 Å². The van der Waals surface area contributed by atoms with Crippen LogP contribution in [0.4, 0.5) is 0 Å². The van der Waals surface area contributed by atoms with Gasteiger partial charge in [0, 0.05) is 6.04 Å². The number of hydrogen-bond donors (Lipinski definition) is 1. The Kier molecular flexibility index (Phi) is 4.66. The van der Waals surface area contributed by atoms with E-state index in [0.29, 0.717) is 17.7 Å². The Morgan fingerprint density at radius 1 is 1.29 bits per heavy atom. The average Bonchev–Trinajstić information content (AvgIpc) is 3.30. The average molecular weight is 381 g/mol. The zero-order chi connectivity index (χ0) is 19.7. The van der Waals surface area contributed by atoms with Crippen LogP contribution >= 0.6 is 0 Å². The Bertz CT molecular complexity index is 1030. The molecule has 0 unspecified atom stereocenters. The highest BCUT2D eigenvalue weighted by atomic mass is 16.4. The second-order valence-corrected chi connectivity index (χ2v) is 7.27. The number of aromatic nitrogens is 2. The van der Waals surface area contributed by atoms with Gasteiger partial charge in [0.05, 0.1) is 23.8 Å².